The highest BCUT2D eigenvalue weighted by Gasteiger charge is 2.15. The lowest BCUT2D eigenvalue weighted by molar-refractivity contribution is 0.606. The minimum absolute atomic E-state index is 0.0130. The molecule has 0 aliphatic rings. The first-order valence-electron chi connectivity index (χ1n) is 7.50. The van der Waals surface area contributed by atoms with Crippen LogP contribution in [0, 0.1) is 5.82 Å². The van der Waals surface area contributed by atoms with E-state index in [0.29, 0.717) is 10.7 Å². The number of nitrogens with zero attached hydrogens (tertiary/aromatic N) is 2. The SMILES string of the molecule is CNc1ccc(Cl)cc1/C(C)=N/N(c1ccccc1F)C(C)C. The molecule has 0 aliphatic carbocycles. The molecule has 0 atom stereocenters. The van der Waals surface area contributed by atoms with Crippen LogP contribution in [0.3, 0.4) is 0 Å². The number of benzene rings is 2. The summed E-state index contributed by atoms with van der Waals surface area (Å²) >= 11 is 6.10. The Bertz CT molecular complexity index is 713. The zero-order chi connectivity index (χ0) is 17.0. The summed E-state index contributed by atoms with van der Waals surface area (Å²) in [6.45, 7) is 5.84. The number of anilines is 2. The molecule has 23 heavy (non-hydrogen) atoms. The maximum absolute atomic E-state index is 14.1. The molecule has 0 aliphatic heterocycles. The third-order valence-electron chi connectivity index (χ3n) is 3.49. The van der Waals surface area contributed by atoms with Gasteiger partial charge in [0.05, 0.1) is 11.4 Å². The van der Waals surface area contributed by atoms with Crippen molar-refractivity contribution < 1.29 is 4.39 Å². The van der Waals surface area contributed by atoms with E-state index in [2.05, 4.69) is 10.4 Å². The standard InChI is InChI=1S/C18H21ClFN3/c1-12(2)23(18-8-6-5-7-16(18)20)22-13(3)15-11-14(19)9-10-17(15)21-4/h5-12,21H,1-4H3/b22-13+. The Morgan fingerprint density at radius 1 is 1.22 bits per heavy atom. The van der Waals surface area contributed by atoms with Crippen LogP contribution in [0.4, 0.5) is 15.8 Å². The molecule has 0 spiro atoms. The van der Waals surface area contributed by atoms with Crippen LogP contribution in [0.5, 0.6) is 0 Å². The summed E-state index contributed by atoms with van der Waals surface area (Å²) in [5, 5.41) is 10.1. The molecule has 1 N–H and O–H groups in total. The Kier molecular flexibility index (Phi) is 5.61. The first-order valence-corrected chi connectivity index (χ1v) is 7.88. The molecule has 2 rings (SSSR count). The van der Waals surface area contributed by atoms with Crippen molar-refractivity contribution >= 4 is 28.7 Å². The van der Waals surface area contributed by atoms with Crippen molar-refractivity contribution in [2.24, 2.45) is 5.10 Å². The first kappa shape index (κ1) is 17.3. The second-order valence-electron chi connectivity index (χ2n) is 5.52. The van der Waals surface area contributed by atoms with Crippen molar-refractivity contribution in [1.82, 2.24) is 0 Å². The number of halogens is 2. The number of para-hydroxylation sites is 1. The first-order chi connectivity index (χ1) is 10.9. The molecule has 2 aromatic carbocycles. The fourth-order valence-corrected chi connectivity index (χ4v) is 2.51. The molecule has 0 bridgehead atoms. The van der Waals surface area contributed by atoms with E-state index in [1.54, 1.807) is 23.2 Å². The van der Waals surface area contributed by atoms with Crippen molar-refractivity contribution in [3.63, 3.8) is 0 Å². The van der Waals surface area contributed by atoms with Gasteiger partial charge in [-0.15, -0.1) is 0 Å². The molecule has 0 amide bonds. The zero-order valence-corrected chi connectivity index (χ0v) is 14.5. The van der Waals surface area contributed by atoms with Crippen LogP contribution in [0.2, 0.25) is 5.02 Å². The molecule has 3 nitrogen and oxygen atoms in total. The minimum Gasteiger partial charge on any atom is -0.388 e. The molecule has 0 saturated carbocycles. The predicted octanol–water partition coefficient (Wildman–Crippen LogP) is 5.16. The lowest BCUT2D eigenvalue weighted by Gasteiger charge is -2.25. The van der Waals surface area contributed by atoms with Gasteiger partial charge >= 0.3 is 0 Å². The zero-order valence-electron chi connectivity index (χ0n) is 13.8. The van der Waals surface area contributed by atoms with Crippen LogP contribution in [-0.2, 0) is 0 Å². The number of hydrogen-bond acceptors (Lipinski definition) is 3. The van der Waals surface area contributed by atoms with Gasteiger partial charge in [0, 0.05) is 29.4 Å². The highest BCUT2D eigenvalue weighted by molar-refractivity contribution is 6.31. The maximum atomic E-state index is 14.1. The number of hydrazone groups is 1. The molecule has 0 radical (unpaired) electrons. The second-order valence-corrected chi connectivity index (χ2v) is 5.95. The molecule has 2 aromatic rings. The smallest absolute Gasteiger partial charge is 0.148 e. The van der Waals surface area contributed by atoms with E-state index in [1.807, 2.05) is 46.0 Å². The Balaban J connectivity index is 2.48. The Labute approximate surface area is 141 Å². The maximum Gasteiger partial charge on any atom is 0.148 e. The molecule has 0 unspecified atom stereocenters. The molecule has 0 saturated heterocycles. The van der Waals surface area contributed by atoms with Gasteiger partial charge in [-0.2, -0.15) is 5.10 Å². The lowest BCUT2D eigenvalue weighted by atomic mass is 10.1. The minimum atomic E-state index is -0.294. The third kappa shape index (κ3) is 4.02. The summed E-state index contributed by atoms with van der Waals surface area (Å²) in [5.74, 6) is -0.294. The average Bonchev–Trinajstić information content (AvgIpc) is 2.53. The Morgan fingerprint density at radius 3 is 2.52 bits per heavy atom. The van der Waals surface area contributed by atoms with E-state index >= 15 is 0 Å². The molecule has 0 aromatic heterocycles. The summed E-state index contributed by atoms with van der Waals surface area (Å²) < 4.78 is 14.1. The van der Waals surface area contributed by atoms with Crippen molar-refractivity contribution in [2.45, 2.75) is 26.8 Å². The normalized spacial score (nSPS) is 11.7. The van der Waals surface area contributed by atoms with Crippen LogP contribution in [0.1, 0.15) is 26.3 Å². The lowest BCUT2D eigenvalue weighted by Crippen LogP contribution is -2.27. The van der Waals surface area contributed by atoms with Gasteiger partial charge in [0.1, 0.15) is 5.82 Å². The van der Waals surface area contributed by atoms with E-state index in [-0.39, 0.29) is 11.9 Å². The van der Waals surface area contributed by atoms with Gasteiger partial charge < -0.3 is 5.32 Å². The fourth-order valence-electron chi connectivity index (χ4n) is 2.33. The van der Waals surface area contributed by atoms with Gasteiger partial charge in [-0.05, 0) is 51.1 Å². The summed E-state index contributed by atoms with van der Waals surface area (Å²) in [7, 11) is 1.84. The highest BCUT2D eigenvalue weighted by atomic mass is 35.5. The van der Waals surface area contributed by atoms with Crippen molar-refractivity contribution in [3.05, 3.63) is 58.9 Å². The molecule has 0 heterocycles. The largest absolute Gasteiger partial charge is 0.388 e. The van der Waals surface area contributed by atoms with Crippen LogP contribution >= 0.6 is 11.6 Å². The number of nitrogens with one attached hydrogen (secondary N) is 1. The summed E-state index contributed by atoms with van der Waals surface area (Å²) in [6, 6.07) is 12.2. The average molecular weight is 334 g/mol. The molecular formula is C18H21ClFN3. The summed E-state index contributed by atoms with van der Waals surface area (Å²) in [4.78, 5) is 0. The van der Waals surface area contributed by atoms with Crippen LogP contribution < -0.4 is 10.3 Å². The topological polar surface area (TPSA) is 27.6 Å². The van der Waals surface area contributed by atoms with E-state index in [4.69, 9.17) is 11.6 Å². The quantitative estimate of drug-likeness (QED) is 0.604. The van der Waals surface area contributed by atoms with E-state index < -0.39 is 0 Å². The van der Waals surface area contributed by atoms with Crippen molar-refractivity contribution in [2.75, 3.05) is 17.4 Å². The van der Waals surface area contributed by atoms with Gasteiger partial charge in [-0.3, -0.25) is 5.01 Å². The van der Waals surface area contributed by atoms with Gasteiger partial charge in [-0.1, -0.05) is 23.7 Å². The van der Waals surface area contributed by atoms with Gasteiger partial charge in [0.25, 0.3) is 0 Å². The third-order valence-corrected chi connectivity index (χ3v) is 3.72. The highest BCUT2D eigenvalue weighted by Crippen LogP contribution is 2.25. The van der Waals surface area contributed by atoms with E-state index in [0.717, 1.165) is 17.0 Å². The van der Waals surface area contributed by atoms with E-state index in [9.17, 15) is 4.39 Å². The number of hydrogen-bond donors (Lipinski definition) is 1. The van der Waals surface area contributed by atoms with Crippen molar-refractivity contribution in [1.29, 1.82) is 0 Å². The fraction of sp³-hybridized carbons (Fsp3) is 0.278. The van der Waals surface area contributed by atoms with E-state index in [1.165, 1.54) is 6.07 Å². The summed E-state index contributed by atoms with van der Waals surface area (Å²) in [6.07, 6.45) is 0. The molecule has 122 valence electrons. The molecule has 5 heteroatoms. The molecular weight excluding hydrogens is 313 g/mol. The van der Waals surface area contributed by atoms with Gasteiger partial charge in [0.2, 0.25) is 0 Å². The monoisotopic (exact) mass is 333 g/mol. The predicted molar refractivity (Wildman–Crippen MR) is 97.2 cm³/mol. The van der Waals surface area contributed by atoms with Crippen molar-refractivity contribution in [3.8, 4) is 0 Å². The molecule has 0 fully saturated rings. The summed E-state index contributed by atoms with van der Waals surface area (Å²) in [5.41, 5.74) is 3.03. The Hall–Kier alpha value is -2.07. The van der Waals surface area contributed by atoms with Gasteiger partial charge in [-0.25, -0.2) is 4.39 Å². The van der Waals surface area contributed by atoms with Gasteiger partial charge in [0.15, 0.2) is 0 Å². The number of rotatable bonds is 5. The van der Waals surface area contributed by atoms with Crippen LogP contribution in [-0.4, -0.2) is 18.8 Å². The second kappa shape index (κ2) is 7.47. The van der Waals surface area contributed by atoms with Crippen LogP contribution in [0.15, 0.2) is 47.6 Å². The van der Waals surface area contributed by atoms with Crippen LogP contribution in [0.25, 0.3) is 0 Å². The Morgan fingerprint density at radius 2 is 1.91 bits per heavy atom.